The second kappa shape index (κ2) is 7.02. The van der Waals surface area contributed by atoms with E-state index in [4.69, 9.17) is 0 Å². The summed E-state index contributed by atoms with van der Waals surface area (Å²) >= 11 is 1.37. The van der Waals surface area contributed by atoms with Gasteiger partial charge in [-0.3, -0.25) is 5.32 Å². The van der Waals surface area contributed by atoms with Crippen molar-refractivity contribution in [2.24, 2.45) is 0 Å². The fourth-order valence-corrected chi connectivity index (χ4v) is 2.81. The molecule has 0 saturated carbocycles. The number of aromatic nitrogens is 2. The van der Waals surface area contributed by atoms with E-state index in [0.717, 1.165) is 16.3 Å². The number of benzene rings is 2. The van der Waals surface area contributed by atoms with Crippen molar-refractivity contribution < 1.29 is 4.79 Å². The second-order valence-corrected chi connectivity index (χ2v) is 6.17. The molecule has 116 valence electrons. The van der Waals surface area contributed by atoms with Crippen LogP contribution in [0, 0.1) is 6.92 Å². The maximum atomic E-state index is 12.0. The van der Waals surface area contributed by atoms with Crippen LogP contribution in [0.4, 0.5) is 15.6 Å². The number of hydrogen-bond acceptors (Lipinski definition) is 4. The van der Waals surface area contributed by atoms with Gasteiger partial charge in [0.1, 0.15) is 5.01 Å². The molecule has 0 aliphatic rings. The third-order valence-electron chi connectivity index (χ3n) is 3.19. The van der Waals surface area contributed by atoms with Gasteiger partial charge in [0.05, 0.1) is 0 Å². The average molecular weight is 324 g/mol. The van der Waals surface area contributed by atoms with Crippen LogP contribution in [0.2, 0.25) is 0 Å². The Morgan fingerprint density at radius 1 is 1.00 bits per heavy atom. The van der Waals surface area contributed by atoms with Gasteiger partial charge in [-0.2, -0.15) is 0 Å². The molecule has 0 fully saturated rings. The molecule has 2 amide bonds. The van der Waals surface area contributed by atoms with Crippen LogP contribution in [0.25, 0.3) is 0 Å². The van der Waals surface area contributed by atoms with Crippen molar-refractivity contribution in [1.82, 2.24) is 10.2 Å². The summed E-state index contributed by atoms with van der Waals surface area (Å²) in [5.41, 5.74) is 3.05. The summed E-state index contributed by atoms with van der Waals surface area (Å²) < 4.78 is 0. The number of carbonyl (C=O) groups is 1. The Bertz CT molecular complexity index is 784. The SMILES string of the molecule is Cc1ccc(NC(=O)Nc2nnc(Cc3ccccc3)s2)cc1. The molecule has 1 heterocycles. The van der Waals surface area contributed by atoms with Crippen molar-refractivity contribution in [2.75, 3.05) is 10.6 Å². The van der Waals surface area contributed by atoms with E-state index in [-0.39, 0.29) is 6.03 Å². The molecule has 3 rings (SSSR count). The Kier molecular flexibility index (Phi) is 4.63. The van der Waals surface area contributed by atoms with Gasteiger partial charge in [0.15, 0.2) is 0 Å². The van der Waals surface area contributed by atoms with E-state index in [1.807, 2.05) is 61.5 Å². The van der Waals surface area contributed by atoms with Gasteiger partial charge in [0.2, 0.25) is 5.13 Å². The van der Waals surface area contributed by atoms with E-state index >= 15 is 0 Å². The number of aryl methyl sites for hydroxylation is 1. The first-order valence-electron chi connectivity index (χ1n) is 7.20. The van der Waals surface area contributed by atoms with Crippen molar-refractivity contribution in [2.45, 2.75) is 13.3 Å². The highest BCUT2D eigenvalue weighted by atomic mass is 32.1. The van der Waals surface area contributed by atoms with E-state index < -0.39 is 0 Å². The Morgan fingerprint density at radius 3 is 2.48 bits per heavy atom. The molecule has 0 spiro atoms. The standard InChI is InChI=1S/C17H16N4OS/c1-12-7-9-14(10-8-12)18-16(22)19-17-21-20-15(23-17)11-13-5-3-2-4-6-13/h2-10H,11H2,1H3,(H2,18,19,21,22). The van der Waals surface area contributed by atoms with Crippen LogP contribution >= 0.6 is 11.3 Å². The highest BCUT2D eigenvalue weighted by Gasteiger charge is 2.08. The van der Waals surface area contributed by atoms with Gasteiger partial charge in [0.25, 0.3) is 0 Å². The molecule has 23 heavy (non-hydrogen) atoms. The lowest BCUT2D eigenvalue weighted by Gasteiger charge is -2.05. The highest BCUT2D eigenvalue weighted by molar-refractivity contribution is 7.15. The van der Waals surface area contributed by atoms with Crippen molar-refractivity contribution in [3.63, 3.8) is 0 Å². The summed E-state index contributed by atoms with van der Waals surface area (Å²) in [5.74, 6) is 0. The lowest BCUT2D eigenvalue weighted by molar-refractivity contribution is 0.262. The molecule has 0 bridgehead atoms. The maximum Gasteiger partial charge on any atom is 0.325 e. The summed E-state index contributed by atoms with van der Waals surface area (Å²) in [5, 5.41) is 14.9. The number of amides is 2. The first-order valence-corrected chi connectivity index (χ1v) is 8.02. The van der Waals surface area contributed by atoms with Gasteiger partial charge < -0.3 is 5.32 Å². The van der Waals surface area contributed by atoms with Crippen molar-refractivity contribution in [1.29, 1.82) is 0 Å². The van der Waals surface area contributed by atoms with E-state index in [2.05, 4.69) is 20.8 Å². The highest BCUT2D eigenvalue weighted by Crippen LogP contribution is 2.19. The third kappa shape index (κ3) is 4.37. The number of carbonyl (C=O) groups excluding carboxylic acids is 1. The maximum absolute atomic E-state index is 12.0. The van der Waals surface area contributed by atoms with Gasteiger partial charge in [-0.1, -0.05) is 59.4 Å². The van der Waals surface area contributed by atoms with Crippen molar-refractivity contribution >= 4 is 28.2 Å². The molecule has 0 saturated heterocycles. The minimum absolute atomic E-state index is 0.323. The van der Waals surface area contributed by atoms with Gasteiger partial charge in [-0.25, -0.2) is 4.79 Å². The van der Waals surface area contributed by atoms with Crippen LogP contribution in [0.15, 0.2) is 54.6 Å². The molecule has 0 aliphatic carbocycles. The summed E-state index contributed by atoms with van der Waals surface area (Å²) in [6, 6.07) is 17.3. The predicted molar refractivity (Wildman–Crippen MR) is 93.0 cm³/mol. The number of urea groups is 1. The van der Waals surface area contributed by atoms with Gasteiger partial charge in [-0.05, 0) is 24.6 Å². The minimum atomic E-state index is -0.323. The van der Waals surface area contributed by atoms with Crippen LogP contribution in [-0.2, 0) is 6.42 Å². The minimum Gasteiger partial charge on any atom is -0.308 e. The third-order valence-corrected chi connectivity index (χ3v) is 4.03. The summed E-state index contributed by atoms with van der Waals surface area (Å²) in [4.78, 5) is 12.0. The van der Waals surface area contributed by atoms with Crippen LogP contribution in [0.1, 0.15) is 16.1 Å². The molecule has 6 heteroatoms. The van der Waals surface area contributed by atoms with Gasteiger partial charge in [-0.15, -0.1) is 10.2 Å². The summed E-state index contributed by atoms with van der Waals surface area (Å²) in [6.45, 7) is 2.00. The number of nitrogens with one attached hydrogen (secondary N) is 2. The summed E-state index contributed by atoms with van der Waals surface area (Å²) in [6.07, 6.45) is 0.708. The molecular weight excluding hydrogens is 308 g/mol. The van der Waals surface area contributed by atoms with Gasteiger partial charge >= 0.3 is 6.03 Å². The van der Waals surface area contributed by atoms with Crippen LogP contribution in [0.3, 0.4) is 0 Å². The normalized spacial score (nSPS) is 10.3. The van der Waals surface area contributed by atoms with E-state index in [1.54, 1.807) is 0 Å². The second-order valence-electron chi connectivity index (χ2n) is 5.11. The zero-order valence-electron chi connectivity index (χ0n) is 12.6. The molecule has 0 atom stereocenters. The molecule has 3 aromatic rings. The molecule has 2 N–H and O–H groups in total. The van der Waals surface area contributed by atoms with Crippen LogP contribution < -0.4 is 10.6 Å². The molecule has 0 radical (unpaired) electrons. The fourth-order valence-electron chi connectivity index (χ4n) is 2.04. The first kappa shape index (κ1) is 15.2. The Morgan fingerprint density at radius 2 is 1.74 bits per heavy atom. The zero-order valence-corrected chi connectivity index (χ0v) is 13.4. The van der Waals surface area contributed by atoms with Crippen LogP contribution in [-0.4, -0.2) is 16.2 Å². The van der Waals surface area contributed by atoms with Crippen molar-refractivity contribution in [3.8, 4) is 0 Å². The lowest BCUT2D eigenvalue weighted by atomic mass is 10.2. The number of rotatable bonds is 4. The molecule has 2 aromatic carbocycles. The number of hydrogen-bond donors (Lipinski definition) is 2. The summed E-state index contributed by atoms with van der Waals surface area (Å²) in [7, 11) is 0. The van der Waals surface area contributed by atoms with E-state index in [1.165, 1.54) is 16.9 Å². The average Bonchev–Trinajstić information content (AvgIpc) is 2.97. The number of anilines is 2. The van der Waals surface area contributed by atoms with Crippen LogP contribution in [0.5, 0.6) is 0 Å². The largest absolute Gasteiger partial charge is 0.325 e. The fraction of sp³-hybridized carbons (Fsp3) is 0.118. The molecule has 0 aliphatic heterocycles. The Hall–Kier alpha value is -2.73. The first-order chi connectivity index (χ1) is 11.2. The predicted octanol–water partition coefficient (Wildman–Crippen LogP) is 4.08. The van der Waals surface area contributed by atoms with Crippen molar-refractivity contribution in [3.05, 3.63) is 70.7 Å². The monoisotopic (exact) mass is 324 g/mol. The number of nitrogens with zero attached hydrogens (tertiary/aromatic N) is 2. The molecule has 0 unspecified atom stereocenters. The molecule has 1 aromatic heterocycles. The van der Waals surface area contributed by atoms with E-state index in [9.17, 15) is 4.79 Å². The topological polar surface area (TPSA) is 66.9 Å². The Labute approximate surface area is 138 Å². The zero-order chi connectivity index (χ0) is 16.1. The Balaban J connectivity index is 1.58. The van der Waals surface area contributed by atoms with Gasteiger partial charge in [0, 0.05) is 12.1 Å². The van der Waals surface area contributed by atoms with E-state index in [0.29, 0.717) is 11.6 Å². The lowest BCUT2D eigenvalue weighted by Crippen LogP contribution is -2.19. The molecular formula is C17H16N4OS. The quantitative estimate of drug-likeness (QED) is 0.760. The molecule has 5 nitrogen and oxygen atoms in total. The smallest absolute Gasteiger partial charge is 0.308 e.